The highest BCUT2D eigenvalue weighted by molar-refractivity contribution is 5.85. The largest absolute Gasteiger partial charge is 0.497 e. The van der Waals surface area contributed by atoms with Crippen molar-refractivity contribution in [1.29, 1.82) is 10.5 Å². The average Bonchev–Trinajstić information content (AvgIpc) is 3.08. The molecule has 7 heteroatoms. The first-order chi connectivity index (χ1) is 12.6. The molecule has 0 saturated carbocycles. The van der Waals surface area contributed by atoms with Crippen LogP contribution < -0.4 is 4.74 Å². The summed E-state index contributed by atoms with van der Waals surface area (Å²) >= 11 is 0. The topological polar surface area (TPSA) is 116 Å². The molecule has 1 atom stereocenters. The fraction of sp³-hybridized carbons (Fsp3) is 0.158. The second-order valence-corrected chi connectivity index (χ2v) is 5.72. The number of methoxy groups -OCH3 is 1. The summed E-state index contributed by atoms with van der Waals surface area (Å²) in [6.07, 6.45) is 1.76. The molecule has 0 fully saturated rings. The normalized spacial score (nSPS) is 11.7. The number of nitro benzene ring substituents is 1. The second kappa shape index (κ2) is 6.96. The number of aromatic nitrogens is 1. The van der Waals surface area contributed by atoms with Crippen LogP contribution in [0.1, 0.15) is 17.0 Å². The molecule has 26 heavy (non-hydrogen) atoms. The third-order valence-corrected chi connectivity index (χ3v) is 4.33. The molecule has 2 aromatic carbocycles. The number of aromatic amines is 1. The van der Waals surface area contributed by atoms with Gasteiger partial charge in [-0.15, -0.1) is 0 Å². The van der Waals surface area contributed by atoms with E-state index in [1.165, 1.54) is 12.1 Å². The smallest absolute Gasteiger partial charge is 0.269 e. The molecule has 0 radical (unpaired) electrons. The van der Waals surface area contributed by atoms with Crippen LogP contribution in [0.4, 0.5) is 5.69 Å². The molecule has 1 unspecified atom stereocenters. The molecule has 0 aliphatic carbocycles. The summed E-state index contributed by atoms with van der Waals surface area (Å²) in [6, 6.07) is 15.5. The van der Waals surface area contributed by atoms with Gasteiger partial charge >= 0.3 is 0 Å². The number of nitrogens with zero attached hydrogens (tertiary/aromatic N) is 3. The van der Waals surface area contributed by atoms with Crippen molar-refractivity contribution in [2.75, 3.05) is 7.11 Å². The second-order valence-electron chi connectivity index (χ2n) is 5.72. The Kier molecular flexibility index (Phi) is 4.55. The minimum atomic E-state index is -0.943. The third kappa shape index (κ3) is 2.94. The van der Waals surface area contributed by atoms with E-state index in [0.29, 0.717) is 11.3 Å². The molecule has 128 valence electrons. The van der Waals surface area contributed by atoms with E-state index in [-0.39, 0.29) is 5.69 Å². The van der Waals surface area contributed by atoms with Gasteiger partial charge in [-0.25, -0.2) is 0 Å². The SMILES string of the molecule is COc1ccc2[nH]cc(C(c3ccc([N+](=O)[O-])cc3)C(C#N)C#N)c2c1. The monoisotopic (exact) mass is 346 g/mol. The maximum absolute atomic E-state index is 10.9. The van der Waals surface area contributed by atoms with E-state index in [1.54, 1.807) is 25.4 Å². The Morgan fingerprint density at radius 1 is 1.15 bits per heavy atom. The molecule has 0 bridgehead atoms. The Morgan fingerprint density at radius 2 is 1.85 bits per heavy atom. The molecule has 1 N–H and O–H groups in total. The Labute approximate surface area is 149 Å². The van der Waals surface area contributed by atoms with Crippen molar-refractivity contribution in [2.45, 2.75) is 5.92 Å². The van der Waals surface area contributed by atoms with E-state index >= 15 is 0 Å². The molecule has 1 heterocycles. The lowest BCUT2D eigenvalue weighted by atomic mass is 9.82. The predicted molar refractivity (Wildman–Crippen MR) is 94.5 cm³/mol. The molecule has 1 aromatic heterocycles. The summed E-state index contributed by atoms with van der Waals surface area (Å²) in [7, 11) is 1.56. The van der Waals surface area contributed by atoms with Crippen molar-refractivity contribution >= 4 is 16.6 Å². The molecule has 3 rings (SSSR count). The van der Waals surface area contributed by atoms with Crippen LogP contribution in [0.5, 0.6) is 5.75 Å². The minimum Gasteiger partial charge on any atom is -0.497 e. The van der Waals surface area contributed by atoms with Gasteiger partial charge < -0.3 is 9.72 Å². The van der Waals surface area contributed by atoms with Gasteiger partial charge in [-0.2, -0.15) is 10.5 Å². The van der Waals surface area contributed by atoms with Crippen LogP contribution >= 0.6 is 0 Å². The maximum Gasteiger partial charge on any atom is 0.269 e. The van der Waals surface area contributed by atoms with Gasteiger partial charge in [0.2, 0.25) is 0 Å². The van der Waals surface area contributed by atoms with Crippen molar-refractivity contribution in [3.05, 3.63) is 69.9 Å². The predicted octanol–water partition coefficient (Wildman–Crippen LogP) is 3.88. The molecule has 0 amide bonds. The summed E-state index contributed by atoms with van der Waals surface area (Å²) in [5, 5.41) is 30.6. The first kappa shape index (κ1) is 17.0. The van der Waals surface area contributed by atoms with E-state index in [2.05, 4.69) is 4.98 Å². The van der Waals surface area contributed by atoms with Crippen molar-refractivity contribution in [3.8, 4) is 17.9 Å². The number of fused-ring (bicyclic) bond motifs is 1. The number of rotatable bonds is 5. The number of nitrogens with one attached hydrogen (secondary N) is 1. The third-order valence-electron chi connectivity index (χ3n) is 4.33. The highest BCUT2D eigenvalue weighted by Gasteiger charge is 2.28. The zero-order chi connectivity index (χ0) is 18.7. The number of H-pyrrole nitrogens is 1. The Bertz CT molecular complexity index is 1030. The maximum atomic E-state index is 10.9. The lowest BCUT2D eigenvalue weighted by Gasteiger charge is -2.18. The van der Waals surface area contributed by atoms with Crippen LogP contribution in [0.15, 0.2) is 48.7 Å². The van der Waals surface area contributed by atoms with Gasteiger partial charge in [0.25, 0.3) is 5.69 Å². The number of non-ortho nitro benzene ring substituents is 1. The van der Waals surface area contributed by atoms with E-state index in [0.717, 1.165) is 16.5 Å². The van der Waals surface area contributed by atoms with Crippen LogP contribution in [0.3, 0.4) is 0 Å². The first-order valence-corrected chi connectivity index (χ1v) is 7.77. The van der Waals surface area contributed by atoms with E-state index < -0.39 is 16.8 Å². The quantitative estimate of drug-likeness (QED) is 0.556. The van der Waals surface area contributed by atoms with Gasteiger partial charge in [-0.3, -0.25) is 10.1 Å². The van der Waals surface area contributed by atoms with Gasteiger partial charge in [0.15, 0.2) is 0 Å². The molecule has 7 nitrogen and oxygen atoms in total. The van der Waals surface area contributed by atoms with E-state index in [9.17, 15) is 20.6 Å². The lowest BCUT2D eigenvalue weighted by molar-refractivity contribution is -0.384. The Balaban J connectivity index is 2.18. The minimum absolute atomic E-state index is 0.0430. The summed E-state index contributed by atoms with van der Waals surface area (Å²) in [5.74, 6) is -0.834. The van der Waals surface area contributed by atoms with Crippen molar-refractivity contribution < 1.29 is 9.66 Å². The van der Waals surface area contributed by atoms with Gasteiger partial charge in [0.05, 0.1) is 24.2 Å². The standard InChI is InChI=1S/C19H14N4O3/c1-26-15-6-7-18-16(8-15)17(11-22-18)19(13(9-20)10-21)12-2-4-14(5-3-12)23(24)25/h2-8,11,13,19,22H,1H3. The molecule has 0 aliphatic heterocycles. The van der Waals surface area contributed by atoms with Gasteiger partial charge in [-0.1, -0.05) is 12.1 Å². The molecule has 3 aromatic rings. The zero-order valence-corrected chi connectivity index (χ0v) is 13.8. The zero-order valence-electron chi connectivity index (χ0n) is 13.8. The molecule has 0 saturated heterocycles. The molecule has 0 aliphatic rings. The molecule has 0 spiro atoms. The van der Waals surface area contributed by atoms with Crippen LogP contribution in [-0.4, -0.2) is 17.0 Å². The van der Waals surface area contributed by atoms with Crippen molar-refractivity contribution in [2.24, 2.45) is 5.92 Å². The van der Waals surface area contributed by atoms with Crippen molar-refractivity contribution in [1.82, 2.24) is 4.98 Å². The summed E-state index contributed by atoms with van der Waals surface area (Å²) in [5.41, 5.74) is 2.23. The molecular formula is C19H14N4O3. The highest BCUT2D eigenvalue weighted by atomic mass is 16.6. The van der Waals surface area contributed by atoms with Gasteiger partial charge in [0, 0.05) is 35.2 Å². The summed E-state index contributed by atoms with van der Waals surface area (Å²) in [6.45, 7) is 0. The van der Waals surface area contributed by atoms with Crippen LogP contribution in [0.25, 0.3) is 10.9 Å². The number of hydrogen-bond acceptors (Lipinski definition) is 5. The number of nitriles is 2. The number of benzene rings is 2. The fourth-order valence-corrected chi connectivity index (χ4v) is 3.04. The Morgan fingerprint density at radius 3 is 2.42 bits per heavy atom. The van der Waals surface area contributed by atoms with Crippen molar-refractivity contribution in [3.63, 3.8) is 0 Å². The first-order valence-electron chi connectivity index (χ1n) is 7.77. The summed E-state index contributed by atoms with van der Waals surface area (Å²) < 4.78 is 5.27. The Hall–Kier alpha value is -3.84. The van der Waals surface area contributed by atoms with Crippen LogP contribution in [-0.2, 0) is 0 Å². The average molecular weight is 346 g/mol. The van der Waals surface area contributed by atoms with Gasteiger partial charge in [-0.05, 0) is 29.3 Å². The number of hydrogen-bond donors (Lipinski definition) is 1. The fourth-order valence-electron chi connectivity index (χ4n) is 3.04. The van der Waals surface area contributed by atoms with E-state index in [1.807, 2.05) is 30.3 Å². The van der Waals surface area contributed by atoms with Gasteiger partial charge in [0.1, 0.15) is 11.7 Å². The summed E-state index contributed by atoms with van der Waals surface area (Å²) in [4.78, 5) is 13.5. The number of ether oxygens (including phenoxy) is 1. The number of nitro groups is 1. The molecular weight excluding hydrogens is 332 g/mol. The van der Waals surface area contributed by atoms with E-state index in [4.69, 9.17) is 4.74 Å². The highest BCUT2D eigenvalue weighted by Crippen LogP contribution is 2.37. The van der Waals surface area contributed by atoms with Crippen LogP contribution in [0.2, 0.25) is 0 Å². The lowest BCUT2D eigenvalue weighted by Crippen LogP contribution is -2.11. The van der Waals surface area contributed by atoms with Crippen LogP contribution in [0, 0.1) is 38.7 Å².